The van der Waals surface area contributed by atoms with Crippen molar-refractivity contribution in [3.8, 4) is 0 Å². The molecular weight excluding hydrogens is 155 g/mol. The first-order valence-electron chi connectivity index (χ1n) is 4.19. The fraction of sp³-hybridized carbons (Fsp3) is 1.00. The number of rotatable bonds is 6. The Hall–Kier alpha value is -0.0551. The predicted molar refractivity (Wildman–Crippen MR) is 48.3 cm³/mol. The zero-order valence-electron chi connectivity index (χ0n) is 7.99. The van der Waals surface area contributed by atoms with Crippen molar-refractivity contribution in [3.05, 3.63) is 0 Å². The molecule has 70 valence electrons. The zero-order valence-corrected chi connectivity index (χ0v) is 7.99. The molecule has 0 saturated carbocycles. The fourth-order valence-corrected chi connectivity index (χ4v) is 0.775. The maximum Gasteiger partial charge on any atom is 0.112 e. The van der Waals surface area contributed by atoms with Crippen molar-refractivity contribution in [2.75, 3.05) is 13.7 Å². The molecule has 0 bridgehead atoms. The molecule has 0 aliphatic rings. The summed E-state index contributed by atoms with van der Waals surface area (Å²) < 4.78 is 10.2. The van der Waals surface area contributed by atoms with E-state index in [-0.39, 0.29) is 6.10 Å². The first kappa shape index (κ1) is 11.9. The molecule has 0 spiro atoms. The minimum Gasteiger partial charge on any atom is -0.392 e. The zero-order chi connectivity index (χ0) is 9.56. The Bertz CT molecular complexity index is 108. The molecule has 3 nitrogen and oxygen atoms in total. The molecule has 0 aromatic heterocycles. The predicted octanol–water partition coefficient (Wildman–Crippen LogP) is 0.303. The Labute approximate surface area is 75.5 Å². The molecule has 4 heteroatoms. The minimum atomic E-state index is -0.643. The van der Waals surface area contributed by atoms with Gasteiger partial charge >= 0.3 is 0 Å². The molecule has 0 aliphatic carbocycles. The van der Waals surface area contributed by atoms with Crippen LogP contribution in [0.3, 0.4) is 0 Å². The molecule has 0 aliphatic heterocycles. The number of hydrogen-bond acceptors (Lipinski definition) is 3. The van der Waals surface area contributed by atoms with Gasteiger partial charge < -0.3 is 14.6 Å². The average Bonchev–Trinajstić information content (AvgIpc) is 2.03. The van der Waals surface area contributed by atoms with Crippen LogP contribution in [-0.4, -0.2) is 44.9 Å². The maximum absolute atomic E-state index is 9.04. The van der Waals surface area contributed by atoms with E-state index in [4.69, 9.17) is 22.4 Å². The Morgan fingerprint density at radius 3 is 2.42 bits per heavy atom. The van der Waals surface area contributed by atoms with Gasteiger partial charge in [-0.05, 0) is 13.3 Å². The van der Waals surface area contributed by atoms with Crippen molar-refractivity contribution >= 4 is 7.85 Å². The molecule has 0 aromatic rings. The third kappa shape index (κ3) is 4.75. The monoisotopic (exact) mass is 172 g/mol. The van der Waals surface area contributed by atoms with Gasteiger partial charge in [0.05, 0.1) is 18.8 Å². The second kappa shape index (κ2) is 6.46. The molecule has 0 saturated heterocycles. The van der Waals surface area contributed by atoms with E-state index in [2.05, 4.69) is 0 Å². The van der Waals surface area contributed by atoms with E-state index in [9.17, 15) is 0 Å². The van der Waals surface area contributed by atoms with Crippen LogP contribution in [0.25, 0.3) is 0 Å². The highest BCUT2D eigenvalue weighted by molar-refractivity contribution is 6.11. The fourth-order valence-electron chi connectivity index (χ4n) is 0.775. The SMILES string of the molecule is [B]C(O[C@@H](CC)COC)[C@H](C)O. The summed E-state index contributed by atoms with van der Waals surface area (Å²) >= 11 is 0. The Balaban J connectivity index is 3.68. The molecule has 0 fully saturated rings. The Morgan fingerprint density at radius 2 is 2.08 bits per heavy atom. The van der Waals surface area contributed by atoms with Gasteiger partial charge in [0.15, 0.2) is 0 Å². The van der Waals surface area contributed by atoms with E-state index in [1.54, 1.807) is 14.0 Å². The third-order valence-corrected chi connectivity index (χ3v) is 1.63. The van der Waals surface area contributed by atoms with Gasteiger partial charge in [-0.3, -0.25) is 0 Å². The summed E-state index contributed by atoms with van der Waals surface area (Å²) in [7, 11) is 7.11. The van der Waals surface area contributed by atoms with E-state index >= 15 is 0 Å². The Kier molecular flexibility index (Phi) is 6.43. The van der Waals surface area contributed by atoms with Crippen molar-refractivity contribution in [3.63, 3.8) is 0 Å². The first-order chi connectivity index (χ1) is 5.61. The minimum absolute atomic E-state index is 0.0281. The number of aliphatic hydroxyl groups excluding tert-OH is 1. The molecule has 12 heavy (non-hydrogen) atoms. The van der Waals surface area contributed by atoms with Crippen molar-refractivity contribution < 1.29 is 14.6 Å². The van der Waals surface area contributed by atoms with Crippen molar-refractivity contribution in [2.45, 2.75) is 38.5 Å². The van der Waals surface area contributed by atoms with Crippen molar-refractivity contribution in [1.29, 1.82) is 0 Å². The molecule has 2 radical (unpaired) electrons. The van der Waals surface area contributed by atoms with Gasteiger partial charge in [0.25, 0.3) is 0 Å². The highest BCUT2D eigenvalue weighted by atomic mass is 16.5. The van der Waals surface area contributed by atoms with Gasteiger partial charge in [-0.25, -0.2) is 0 Å². The van der Waals surface area contributed by atoms with Crippen LogP contribution < -0.4 is 0 Å². The number of hydrogen-bond donors (Lipinski definition) is 1. The lowest BCUT2D eigenvalue weighted by Crippen LogP contribution is -2.33. The van der Waals surface area contributed by atoms with Gasteiger partial charge in [0.1, 0.15) is 7.85 Å². The first-order valence-corrected chi connectivity index (χ1v) is 4.19. The van der Waals surface area contributed by atoms with E-state index in [1.165, 1.54) is 0 Å². The highest BCUT2D eigenvalue weighted by Crippen LogP contribution is 2.04. The largest absolute Gasteiger partial charge is 0.392 e. The Morgan fingerprint density at radius 1 is 1.50 bits per heavy atom. The molecule has 0 rings (SSSR count). The average molecular weight is 172 g/mol. The van der Waals surface area contributed by atoms with Crippen LogP contribution >= 0.6 is 0 Å². The van der Waals surface area contributed by atoms with E-state index < -0.39 is 12.1 Å². The van der Waals surface area contributed by atoms with Gasteiger partial charge in [-0.15, -0.1) is 0 Å². The molecule has 0 amide bonds. The second-order valence-corrected chi connectivity index (χ2v) is 2.83. The van der Waals surface area contributed by atoms with Crippen LogP contribution in [0.5, 0.6) is 0 Å². The summed E-state index contributed by atoms with van der Waals surface area (Å²) in [4.78, 5) is 0. The molecule has 1 unspecified atom stereocenters. The van der Waals surface area contributed by atoms with Crippen LogP contribution in [0.15, 0.2) is 0 Å². The number of ether oxygens (including phenoxy) is 2. The van der Waals surface area contributed by atoms with E-state index in [0.717, 1.165) is 6.42 Å². The van der Waals surface area contributed by atoms with Crippen LogP contribution in [0.4, 0.5) is 0 Å². The summed E-state index contributed by atoms with van der Waals surface area (Å²) in [6.45, 7) is 4.10. The normalized spacial score (nSPS) is 18.7. The lowest BCUT2D eigenvalue weighted by molar-refractivity contribution is -0.0572. The summed E-state index contributed by atoms with van der Waals surface area (Å²) in [5, 5.41) is 9.04. The lowest BCUT2D eigenvalue weighted by atomic mass is 9.95. The van der Waals surface area contributed by atoms with Gasteiger partial charge in [-0.1, -0.05) is 6.92 Å². The van der Waals surface area contributed by atoms with Gasteiger partial charge in [0, 0.05) is 13.1 Å². The van der Waals surface area contributed by atoms with Crippen LogP contribution in [0.1, 0.15) is 20.3 Å². The topological polar surface area (TPSA) is 38.7 Å². The van der Waals surface area contributed by atoms with E-state index in [1.807, 2.05) is 6.92 Å². The third-order valence-electron chi connectivity index (χ3n) is 1.63. The van der Waals surface area contributed by atoms with Crippen molar-refractivity contribution in [2.24, 2.45) is 0 Å². The van der Waals surface area contributed by atoms with Crippen LogP contribution in [0.2, 0.25) is 0 Å². The molecular formula is C8H17BO3. The second-order valence-electron chi connectivity index (χ2n) is 2.83. The standard InChI is InChI=1S/C8H17BO3/c1-4-7(5-11-3)12-8(9)6(2)10/h6-8,10H,4-5H2,1-3H3/t6-,7-,8?/m0/s1. The van der Waals surface area contributed by atoms with Crippen LogP contribution in [-0.2, 0) is 9.47 Å². The lowest BCUT2D eigenvalue weighted by Gasteiger charge is -2.22. The summed E-state index contributed by atoms with van der Waals surface area (Å²) in [5.41, 5.74) is 0. The molecule has 1 N–H and O–H groups in total. The summed E-state index contributed by atoms with van der Waals surface area (Å²) in [6.07, 6.45) is 0.157. The maximum atomic E-state index is 9.04. The summed E-state index contributed by atoms with van der Waals surface area (Å²) in [6, 6.07) is -0.620. The molecule has 3 atom stereocenters. The molecule has 0 aromatic carbocycles. The van der Waals surface area contributed by atoms with Crippen LogP contribution in [0, 0.1) is 0 Å². The van der Waals surface area contributed by atoms with Gasteiger partial charge in [0.2, 0.25) is 0 Å². The quantitative estimate of drug-likeness (QED) is 0.585. The van der Waals surface area contributed by atoms with Crippen molar-refractivity contribution in [1.82, 2.24) is 0 Å². The highest BCUT2D eigenvalue weighted by Gasteiger charge is 2.14. The number of aliphatic hydroxyl groups is 1. The number of methoxy groups -OCH3 is 1. The van der Waals surface area contributed by atoms with E-state index in [0.29, 0.717) is 6.61 Å². The van der Waals surface area contributed by atoms with Gasteiger partial charge in [-0.2, -0.15) is 0 Å². The molecule has 0 heterocycles. The summed E-state index contributed by atoms with van der Waals surface area (Å²) in [5.74, 6) is 0. The smallest absolute Gasteiger partial charge is 0.112 e.